The summed E-state index contributed by atoms with van der Waals surface area (Å²) in [7, 11) is 1.91. The first-order chi connectivity index (χ1) is 9.99. The zero-order chi connectivity index (χ0) is 15.4. The number of carbonyl (C=O) groups excluding carboxylic acids is 1. The number of ketones is 1. The lowest BCUT2D eigenvalue weighted by molar-refractivity contribution is 0.0862. The molecule has 0 aliphatic carbocycles. The number of hydrogen-bond donors (Lipinski definition) is 0. The summed E-state index contributed by atoms with van der Waals surface area (Å²) in [6.45, 7) is 2.53. The summed E-state index contributed by atoms with van der Waals surface area (Å²) in [6.07, 6.45) is 0. The molecule has 1 atom stereocenters. The zero-order valence-corrected chi connectivity index (χ0v) is 13.6. The van der Waals surface area contributed by atoms with Crippen LogP contribution < -0.4 is 0 Å². The van der Waals surface area contributed by atoms with E-state index in [4.69, 9.17) is 0 Å². The van der Waals surface area contributed by atoms with Gasteiger partial charge in [-0.15, -0.1) is 0 Å². The Morgan fingerprint density at radius 2 is 1.81 bits per heavy atom. The monoisotopic (exact) mass is 349 g/mol. The number of carbonyl (C=O) groups is 1. The van der Waals surface area contributed by atoms with Crippen molar-refractivity contribution in [3.8, 4) is 0 Å². The molecule has 0 bridgehead atoms. The number of halogens is 2. The Labute approximate surface area is 132 Å². The molecule has 2 aromatic rings. The fraction of sp³-hybridized carbons (Fsp3) is 0.235. The number of benzene rings is 2. The highest BCUT2D eigenvalue weighted by atomic mass is 79.9. The molecule has 2 nitrogen and oxygen atoms in total. The third-order valence-corrected chi connectivity index (χ3v) is 4.32. The molecule has 0 radical (unpaired) electrons. The molecular formula is C17H17BrFNO. The summed E-state index contributed by atoms with van der Waals surface area (Å²) in [5.74, 6) is -0.342. The lowest BCUT2D eigenvalue weighted by Gasteiger charge is -2.24. The normalized spacial score (nSPS) is 12.4. The van der Waals surface area contributed by atoms with Gasteiger partial charge in [0.25, 0.3) is 0 Å². The van der Waals surface area contributed by atoms with E-state index in [1.54, 1.807) is 0 Å². The zero-order valence-electron chi connectivity index (χ0n) is 12.0. The summed E-state index contributed by atoms with van der Waals surface area (Å²) < 4.78 is 13.9. The van der Waals surface area contributed by atoms with E-state index in [1.807, 2.05) is 43.1 Å². The molecule has 0 spiro atoms. The summed E-state index contributed by atoms with van der Waals surface area (Å²) in [5, 5.41) is 0. The maximum Gasteiger partial charge on any atom is 0.179 e. The van der Waals surface area contributed by atoms with Crippen LogP contribution in [0.1, 0.15) is 22.8 Å². The molecule has 1 unspecified atom stereocenters. The highest BCUT2D eigenvalue weighted by Gasteiger charge is 2.20. The molecule has 0 saturated heterocycles. The van der Waals surface area contributed by atoms with Crippen LogP contribution in [0, 0.1) is 5.82 Å². The lowest BCUT2D eigenvalue weighted by Crippen LogP contribution is -2.35. The molecule has 0 heterocycles. The van der Waals surface area contributed by atoms with Crippen molar-refractivity contribution < 1.29 is 9.18 Å². The van der Waals surface area contributed by atoms with Gasteiger partial charge in [-0.05, 0) is 49.9 Å². The topological polar surface area (TPSA) is 20.3 Å². The minimum Gasteiger partial charge on any atom is -0.292 e. The van der Waals surface area contributed by atoms with Crippen LogP contribution in [-0.2, 0) is 6.54 Å². The minimum atomic E-state index is -0.333. The van der Waals surface area contributed by atoms with Crippen LogP contribution in [0.5, 0.6) is 0 Å². The van der Waals surface area contributed by atoms with Crippen LogP contribution in [0.3, 0.4) is 0 Å². The van der Waals surface area contributed by atoms with E-state index in [0.29, 0.717) is 12.1 Å². The molecule has 0 aliphatic rings. The van der Waals surface area contributed by atoms with Crippen molar-refractivity contribution in [1.82, 2.24) is 4.90 Å². The third kappa shape index (κ3) is 3.99. The van der Waals surface area contributed by atoms with E-state index in [-0.39, 0.29) is 17.6 Å². The summed E-state index contributed by atoms with van der Waals surface area (Å²) >= 11 is 3.51. The maximum absolute atomic E-state index is 12.9. The number of rotatable bonds is 5. The van der Waals surface area contributed by atoms with E-state index < -0.39 is 0 Å². The fourth-order valence-corrected chi connectivity index (χ4v) is 2.50. The molecular weight excluding hydrogens is 333 g/mol. The van der Waals surface area contributed by atoms with Gasteiger partial charge < -0.3 is 0 Å². The highest BCUT2D eigenvalue weighted by molar-refractivity contribution is 9.10. The van der Waals surface area contributed by atoms with Gasteiger partial charge in [0, 0.05) is 16.6 Å². The second-order valence-electron chi connectivity index (χ2n) is 5.05. The third-order valence-electron chi connectivity index (χ3n) is 3.55. The van der Waals surface area contributed by atoms with E-state index in [9.17, 15) is 9.18 Å². The molecule has 21 heavy (non-hydrogen) atoms. The molecule has 2 rings (SSSR count). The van der Waals surface area contributed by atoms with Gasteiger partial charge in [0.05, 0.1) is 6.04 Å². The van der Waals surface area contributed by atoms with Gasteiger partial charge in [-0.25, -0.2) is 4.39 Å². The van der Waals surface area contributed by atoms with Crippen molar-refractivity contribution in [2.75, 3.05) is 7.05 Å². The van der Waals surface area contributed by atoms with Crippen LogP contribution in [0.4, 0.5) is 4.39 Å². The van der Waals surface area contributed by atoms with Crippen LogP contribution >= 0.6 is 15.9 Å². The quantitative estimate of drug-likeness (QED) is 0.750. The Bertz CT molecular complexity index is 627. The molecule has 0 fully saturated rings. The minimum absolute atomic E-state index is 0.00967. The van der Waals surface area contributed by atoms with E-state index >= 15 is 0 Å². The largest absolute Gasteiger partial charge is 0.292 e. The molecule has 0 amide bonds. The van der Waals surface area contributed by atoms with Gasteiger partial charge in [0.1, 0.15) is 5.82 Å². The molecule has 0 aliphatic heterocycles. The Hall–Kier alpha value is -1.52. The number of likely N-dealkylation sites (N-methyl/N-ethyl adjacent to an activating group) is 1. The number of nitrogens with zero attached hydrogens (tertiary/aromatic N) is 1. The summed E-state index contributed by atoms with van der Waals surface area (Å²) in [5.41, 5.74) is 1.65. The smallest absolute Gasteiger partial charge is 0.179 e. The van der Waals surface area contributed by atoms with Gasteiger partial charge in [0.2, 0.25) is 0 Å². The molecule has 4 heteroatoms. The summed E-state index contributed by atoms with van der Waals surface area (Å²) in [6, 6.07) is 13.3. The van der Waals surface area contributed by atoms with E-state index in [0.717, 1.165) is 10.0 Å². The Morgan fingerprint density at radius 3 is 2.43 bits per heavy atom. The van der Waals surface area contributed by atoms with Gasteiger partial charge in [-0.1, -0.05) is 34.1 Å². The predicted molar refractivity (Wildman–Crippen MR) is 85.8 cm³/mol. The van der Waals surface area contributed by atoms with Crippen molar-refractivity contribution in [3.05, 3.63) is 69.9 Å². The van der Waals surface area contributed by atoms with Crippen molar-refractivity contribution in [1.29, 1.82) is 0 Å². The maximum atomic E-state index is 12.9. The van der Waals surface area contributed by atoms with Crippen molar-refractivity contribution >= 4 is 21.7 Å². The predicted octanol–water partition coefficient (Wildman–Crippen LogP) is 4.29. The SMILES string of the molecule is CC(C(=O)c1ccc(F)cc1)N(C)Cc1ccccc1Br. The molecule has 0 saturated carbocycles. The molecule has 0 aromatic heterocycles. The fourth-order valence-electron chi connectivity index (χ4n) is 2.09. The Kier molecular flexibility index (Phi) is 5.26. The van der Waals surface area contributed by atoms with E-state index in [1.165, 1.54) is 24.3 Å². The van der Waals surface area contributed by atoms with Crippen molar-refractivity contribution in [2.24, 2.45) is 0 Å². The Balaban J connectivity index is 2.08. The van der Waals surface area contributed by atoms with Gasteiger partial charge >= 0.3 is 0 Å². The summed E-state index contributed by atoms with van der Waals surface area (Å²) in [4.78, 5) is 14.4. The first-order valence-electron chi connectivity index (χ1n) is 6.72. The van der Waals surface area contributed by atoms with Crippen LogP contribution in [-0.4, -0.2) is 23.8 Å². The highest BCUT2D eigenvalue weighted by Crippen LogP contribution is 2.19. The standard InChI is InChI=1S/C17H17BrFNO/c1-12(17(21)13-7-9-15(19)10-8-13)20(2)11-14-5-3-4-6-16(14)18/h3-10,12H,11H2,1-2H3. The number of hydrogen-bond acceptors (Lipinski definition) is 2. The van der Waals surface area contributed by atoms with Gasteiger partial charge in [-0.3, -0.25) is 9.69 Å². The first kappa shape index (κ1) is 15.9. The molecule has 110 valence electrons. The lowest BCUT2D eigenvalue weighted by atomic mass is 10.0. The first-order valence-corrected chi connectivity index (χ1v) is 7.52. The average molecular weight is 350 g/mol. The Morgan fingerprint density at radius 1 is 1.19 bits per heavy atom. The number of Topliss-reactive ketones (excluding diaryl/α,β-unsaturated/α-hetero) is 1. The van der Waals surface area contributed by atoms with Crippen molar-refractivity contribution in [2.45, 2.75) is 19.5 Å². The average Bonchev–Trinajstić information content (AvgIpc) is 2.49. The van der Waals surface area contributed by atoms with Crippen molar-refractivity contribution in [3.63, 3.8) is 0 Å². The van der Waals surface area contributed by atoms with Crippen LogP contribution in [0.15, 0.2) is 53.0 Å². The molecule has 2 aromatic carbocycles. The van der Waals surface area contributed by atoms with Crippen LogP contribution in [0.25, 0.3) is 0 Å². The second-order valence-corrected chi connectivity index (χ2v) is 5.91. The van der Waals surface area contributed by atoms with Gasteiger partial charge in [-0.2, -0.15) is 0 Å². The second kappa shape index (κ2) is 6.96. The van der Waals surface area contributed by atoms with Gasteiger partial charge in [0.15, 0.2) is 5.78 Å². The van der Waals surface area contributed by atoms with Crippen LogP contribution in [0.2, 0.25) is 0 Å². The molecule has 0 N–H and O–H groups in total. The van der Waals surface area contributed by atoms with E-state index in [2.05, 4.69) is 15.9 Å².